The lowest BCUT2D eigenvalue weighted by Gasteiger charge is -2.37. The van der Waals surface area contributed by atoms with Gasteiger partial charge in [0.25, 0.3) is 11.6 Å². The Hall–Kier alpha value is -3.23. The molecule has 0 radical (unpaired) electrons. The number of nitrogens with zero attached hydrogens (tertiary/aromatic N) is 3. The summed E-state index contributed by atoms with van der Waals surface area (Å²) in [6, 6.07) is 18.0. The molecule has 0 saturated carbocycles. The van der Waals surface area contributed by atoms with Gasteiger partial charge in [0.05, 0.1) is 4.92 Å². The van der Waals surface area contributed by atoms with Crippen LogP contribution in [0.25, 0.3) is 10.8 Å². The van der Waals surface area contributed by atoms with Crippen LogP contribution in [0.2, 0.25) is 5.02 Å². The predicted molar refractivity (Wildman–Crippen MR) is 126 cm³/mol. The van der Waals surface area contributed by atoms with Crippen LogP contribution in [-0.2, 0) is 0 Å². The maximum atomic E-state index is 12.7. The van der Waals surface area contributed by atoms with E-state index >= 15 is 0 Å². The first-order valence-electron chi connectivity index (χ1n) is 9.70. The summed E-state index contributed by atoms with van der Waals surface area (Å²) >= 11 is 11.3. The maximum Gasteiger partial charge on any atom is 0.294 e. The third-order valence-corrected chi connectivity index (χ3v) is 5.87. The van der Waals surface area contributed by atoms with Crippen molar-refractivity contribution in [3.05, 3.63) is 81.4 Å². The number of benzene rings is 3. The smallest absolute Gasteiger partial charge is 0.294 e. The number of thiocarbonyl (C=S) groups is 1. The summed E-state index contributed by atoms with van der Waals surface area (Å²) in [5.41, 5.74) is 1.05. The normalized spacial score (nSPS) is 13.8. The van der Waals surface area contributed by atoms with Gasteiger partial charge in [-0.15, -0.1) is 0 Å². The zero-order valence-electron chi connectivity index (χ0n) is 16.5. The number of hydrogen-bond donors (Lipinski definition) is 1. The Morgan fingerprint density at radius 2 is 1.71 bits per heavy atom. The molecule has 1 aliphatic rings. The van der Waals surface area contributed by atoms with Crippen LogP contribution >= 0.6 is 23.8 Å². The number of anilines is 1. The Balaban J connectivity index is 1.39. The first kappa shape index (κ1) is 21.0. The Bertz CT molecular complexity index is 1180. The van der Waals surface area contributed by atoms with Crippen molar-refractivity contribution >= 4 is 57.0 Å². The van der Waals surface area contributed by atoms with Crippen molar-refractivity contribution in [2.75, 3.05) is 31.1 Å². The number of fused-ring (bicyclic) bond motifs is 1. The van der Waals surface area contributed by atoms with Crippen molar-refractivity contribution in [3.63, 3.8) is 0 Å². The van der Waals surface area contributed by atoms with E-state index in [9.17, 15) is 14.9 Å². The Kier molecular flexibility index (Phi) is 6.01. The van der Waals surface area contributed by atoms with Gasteiger partial charge < -0.3 is 9.80 Å². The fourth-order valence-electron chi connectivity index (χ4n) is 3.64. The van der Waals surface area contributed by atoms with Gasteiger partial charge in [0.2, 0.25) is 0 Å². The van der Waals surface area contributed by atoms with Gasteiger partial charge in [-0.25, -0.2) is 0 Å². The first-order chi connectivity index (χ1) is 14.9. The molecule has 1 heterocycles. The van der Waals surface area contributed by atoms with Crippen LogP contribution in [0.15, 0.2) is 60.7 Å². The molecule has 1 N–H and O–H groups in total. The molecule has 1 aliphatic heterocycles. The highest BCUT2D eigenvalue weighted by molar-refractivity contribution is 7.80. The van der Waals surface area contributed by atoms with Crippen molar-refractivity contribution in [2.45, 2.75) is 0 Å². The van der Waals surface area contributed by atoms with E-state index in [4.69, 9.17) is 23.8 Å². The van der Waals surface area contributed by atoms with Crippen molar-refractivity contribution in [1.82, 2.24) is 10.2 Å². The second-order valence-corrected chi connectivity index (χ2v) is 8.01. The molecule has 3 aromatic rings. The highest BCUT2D eigenvalue weighted by atomic mass is 35.5. The summed E-state index contributed by atoms with van der Waals surface area (Å²) in [5.74, 6) is -0.258. The molecule has 9 heteroatoms. The van der Waals surface area contributed by atoms with Gasteiger partial charge in [-0.05, 0) is 47.3 Å². The van der Waals surface area contributed by atoms with Crippen molar-refractivity contribution in [1.29, 1.82) is 0 Å². The summed E-state index contributed by atoms with van der Waals surface area (Å²) in [6.45, 7) is 2.15. The third-order valence-electron chi connectivity index (χ3n) is 5.27. The van der Waals surface area contributed by atoms with Crippen LogP contribution in [0.3, 0.4) is 0 Å². The number of nitro groups is 1. The molecule has 0 spiro atoms. The fraction of sp³-hybridized carbons (Fsp3) is 0.182. The number of carbonyl (C=O) groups excluding carboxylic acids is 1. The van der Waals surface area contributed by atoms with Crippen molar-refractivity contribution in [2.24, 2.45) is 0 Å². The molecule has 7 nitrogen and oxygen atoms in total. The molecule has 0 aromatic heterocycles. The van der Waals surface area contributed by atoms with Gasteiger partial charge >= 0.3 is 0 Å². The van der Waals surface area contributed by atoms with Crippen LogP contribution in [-0.4, -0.2) is 47.0 Å². The van der Waals surface area contributed by atoms with Crippen LogP contribution < -0.4 is 10.2 Å². The number of amides is 1. The van der Waals surface area contributed by atoms with E-state index in [1.165, 1.54) is 6.07 Å². The molecule has 0 atom stereocenters. The number of hydrogen-bond acceptors (Lipinski definition) is 5. The summed E-state index contributed by atoms with van der Waals surface area (Å²) in [5, 5.41) is 16.9. The number of halogens is 1. The molecule has 0 bridgehead atoms. The van der Waals surface area contributed by atoms with E-state index < -0.39 is 4.92 Å². The van der Waals surface area contributed by atoms with E-state index in [-0.39, 0.29) is 11.6 Å². The van der Waals surface area contributed by atoms with E-state index in [0.717, 1.165) is 10.8 Å². The van der Waals surface area contributed by atoms with E-state index in [1.54, 1.807) is 18.2 Å². The number of carbonyl (C=O) groups is 1. The Morgan fingerprint density at radius 3 is 2.42 bits per heavy atom. The molecular weight excluding hydrogens is 436 g/mol. The molecule has 158 valence electrons. The number of piperazine rings is 1. The van der Waals surface area contributed by atoms with Crippen LogP contribution in [0.1, 0.15) is 10.4 Å². The van der Waals surface area contributed by atoms with Crippen LogP contribution in [0.4, 0.5) is 11.4 Å². The molecule has 0 aliphatic carbocycles. The maximum absolute atomic E-state index is 12.7. The minimum atomic E-state index is -0.429. The molecule has 4 rings (SSSR count). The SMILES string of the molecule is O=C(NC(=S)N1CCN(c2ccc(Cl)cc2[N+](=O)[O-])CC1)c1ccc2ccccc2c1. The van der Waals surface area contributed by atoms with Crippen molar-refractivity contribution in [3.8, 4) is 0 Å². The Morgan fingerprint density at radius 1 is 1.00 bits per heavy atom. The summed E-state index contributed by atoms with van der Waals surface area (Å²) in [7, 11) is 0. The molecular formula is C22H19ClN4O3S. The van der Waals surface area contributed by atoms with E-state index in [2.05, 4.69) is 5.32 Å². The standard InChI is InChI=1S/C22H19ClN4O3S/c23-18-7-8-19(20(14-18)27(29)30)25-9-11-26(12-10-25)22(31)24-21(28)17-6-5-15-3-1-2-4-16(15)13-17/h1-8,13-14H,9-12H2,(H,24,28,31). The minimum absolute atomic E-state index is 0.0202. The summed E-state index contributed by atoms with van der Waals surface area (Å²) in [4.78, 5) is 27.4. The number of nitro benzene ring substituents is 1. The quantitative estimate of drug-likeness (QED) is 0.362. The average Bonchev–Trinajstić information content (AvgIpc) is 2.78. The summed E-state index contributed by atoms with van der Waals surface area (Å²) in [6.07, 6.45) is 0. The first-order valence-corrected chi connectivity index (χ1v) is 10.5. The van der Waals surface area contributed by atoms with E-state index in [0.29, 0.717) is 47.6 Å². The van der Waals surface area contributed by atoms with Gasteiger partial charge in [0.15, 0.2) is 5.11 Å². The van der Waals surface area contributed by atoms with E-state index in [1.807, 2.05) is 46.2 Å². The molecule has 0 unspecified atom stereocenters. The number of nitrogens with one attached hydrogen (secondary N) is 1. The predicted octanol–water partition coefficient (Wildman–Crippen LogP) is 4.24. The minimum Gasteiger partial charge on any atom is -0.362 e. The second-order valence-electron chi connectivity index (χ2n) is 7.19. The zero-order valence-corrected chi connectivity index (χ0v) is 18.0. The van der Waals surface area contributed by atoms with Gasteiger partial charge in [0.1, 0.15) is 5.69 Å². The zero-order chi connectivity index (χ0) is 22.0. The average molecular weight is 455 g/mol. The molecule has 1 fully saturated rings. The number of rotatable bonds is 3. The molecule has 1 amide bonds. The second kappa shape index (κ2) is 8.87. The van der Waals surface area contributed by atoms with Crippen molar-refractivity contribution < 1.29 is 9.72 Å². The van der Waals surface area contributed by atoms with Gasteiger partial charge in [-0.2, -0.15) is 0 Å². The fourth-order valence-corrected chi connectivity index (χ4v) is 4.08. The largest absolute Gasteiger partial charge is 0.362 e. The monoisotopic (exact) mass is 454 g/mol. The highest BCUT2D eigenvalue weighted by Gasteiger charge is 2.25. The topological polar surface area (TPSA) is 78.7 Å². The lowest BCUT2D eigenvalue weighted by molar-refractivity contribution is -0.384. The molecule has 31 heavy (non-hydrogen) atoms. The Labute approximate surface area is 189 Å². The molecule has 1 saturated heterocycles. The lowest BCUT2D eigenvalue weighted by Crippen LogP contribution is -2.52. The third kappa shape index (κ3) is 4.60. The van der Waals surface area contributed by atoms with Crippen LogP contribution in [0.5, 0.6) is 0 Å². The van der Waals surface area contributed by atoms with Gasteiger partial charge in [-0.3, -0.25) is 20.2 Å². The molecule has 3 aromatic carbocycles. The van der Waals surface area contributed by atoms with Crippen LogP contribution in [0, 0.1) is 10.1 Å². The summed E-state index contributed by atoms with van der Waals surface area (Å²) < 4.78 is 0. The van der Waals surface area contributed by atoms with Gasteiger partial charge in [-0.1, -0.05) is 41.9 Å². The highest BCUT2D eigenvalue weighted by Crippen LogP contribution is 2.31. The lowest BCUT2D eigenvalue weighted by atomic mass is 10.1. The van der Waals surface area contributed by atoms with Gasteiger partial charge in [0, 0.05) is 42.8 Å².